The lowest BCUT2D eigenvalue weighted by Crippen LogP contribution is -2.58. The first kappa shape index (κ1) is 37.1. The lowest BCUT2D eigenvalue weighted by molar-refractivity contribution is -0.934. The molecule has 0 aliphatic heterocycles. The number of aliphatic carboxylic acids is 3. The van der Waals surface area contributed by atoms with Crippen molar-refractivity contribution in [1.82, 2.24) is 0 Å². The maximum atomic E-state index is 11.6. The fraction of sp³-hybridized carbons (Fsp3) is 0.844. The van der Waals surface area contributed by atoms with E-state index in [4.69, 9.17) is 0 Å². The summed E-state index contributed by atoms with van der Waals surface area (Å²) < 4.78 is 0.186. The SMILES string of the molecule is CC/C=C/CCCCCCCCCCCCCCCC[N+](CC(C)C(=O)[O-])(CC(C)C(=O)O)CC(C)C(=O)O. The Bertz CT molecular complexity index is 637. The van der Waals surface area contributed by atoms with Crippen molar-refractivity contribution in [1.29, 1.82) is 0 Å². The van der Waals surface area contributed by atoms with Gasteiger partial charge in [-0.15, -0.1) is 0 Å². The molecule has 0 bridgehead atoms. The van der Waals surface area contributed by atoms with Crippen LogP contribution >= 0.6 is 0 Å². The largest absolute Gasteiger partial charge is 0.550 e. The number of carbonyl (C=O) groups is 3. The Labute approximate surface area is 238 Å². The number of carboxylic acids is 3. The maximum Gasteiger partial charge on any atom is 0.311 e. The molecule has 0 rings (SSSR count). The first-order valence-electron chi connectivity index (χ1n) is 15.7. The van der Waals surface area contributed by atoms with Crippen molar-refractivity contribution in [2.24, 2.45) is 17.8 Å². The van der Waals surface area contributed by atoms with Gasteiger partial charge >= 0.3 is 11.9 Å². The molecule has 0 fully saturated rings. The summed E-state index contributed by atoms with van der Waals surface area (Å²) in [5.41, 5.74) is 0. The molecule has 7 heteroatoms. The summed E-state index contributed by atoms with van der Waals surface area (Å²) in [4.78, 5) is 34.7. The summed E-state index contributed by atoms with van der Waals surface area (Å²) in [5, 5.41) is 30.5. The molecule has 0 radical (unpaired) electrons. The summed E-state index contributed by atoms with van der Waals surface area (Å²) in [6.45, 7) is 8.18. The number of allylic oxidation sites excluding steroid dienone is 2. The Kier molecular flexibility index (Phi) is 21.8. The van der Waals surface area contributed by atoms with E-state index in [0.29, 0.717) is 6.54 Å². The minimum atomic E-state index is -1.18. The lowest BCUT2D eigenvalue weighted by Gasteiger charge is -2.43. The summed E-state index contributed by atoms with van der Waals surface area (Å²) in [5.74, 6) is -5.23. The van der Waals surface area contributed by atoms with Crippen LogP contribution in [-0.4, -0.2) is 58.8 Å². The third-order valence-electron chi connectivity index (χ3n) is 7.88. The fourth-order valence-electron chi connectivity index (χ4n) is 5.59. The van der Waals surface area contributed by atoms with E-state index >= 15 is 0 Å². The number of unbranched alkanes of at least 4 members (excludes halogenated alkanes) is 14. The predicted molar refractivity (Wildman–Crippen MR) is 156 cm³/mol. The Morgan fingerprint density at radius 1 is 0.615 bits per heavy atom. The van der Waals surface area contributed by atoms with Gasteiger partial charge < -0.3 is 24.6 Å². The zero-order chi connectivity index (χ0) is 29.5. The molecular formula is C32H59NO6. The smallest absolute Gasteiger partial charge is 0.311 e. The molecule has 0 amide bonds. The summed E-state index contributed by atoms with van der Waals surface area (Å²) in [7, 11) is 0. The zero-order valence-corrected chi connectivity index (χ0v) is 25.5. The standard InChI is InChI=1S/C32H59NO6/c1-5-6-7-8-9-10-11-12-13-14-15-16-17-18-19-20-21-22-23-33(24-27(2)30(34)35,25-28(3)31(36)37)26-29(4)32(38)39/h6-7,27-29H,5,8-26H2,1-4H3,(H2-,34,35,36,37,38,39)/b7-6+. The van der Waals surface area contributed by atoms with Gasteiger partial charge in [0.2, 0.25) is 0 Å². The predicted octanol–water partition coefficient (Wildman–Crippen LogP) is 6.45. The number of hydrogen-bond acceptors (Lipinski definition) is 4. The average Bonchev–Trinajstić information content (AvgIpc) is 2.87. The van der Waals surface area contributed by atoms with Crippen LogP contribution in [0.15, 0.2) is 12.2 Å². The Balaban J connectivity index is 4.34. The molecule has 0 aromatic rings. The highest BCUT2D eigenvalue weighted by Gasteiger charge is 2.36. The molecule has 7 nitrogen and oxygen atoms in total. The number of hydrogen-bond donors (Lipinski definition) is 2. The highest BCUT2D eigenvalue weighted by Crippen LogP contribution is 2.22. The van der Waals surface area contributed by atoms with Crippen LogP contribution in [0.25, 0.3) is 0 Å². The van der Waals surface area contributed by atoms with Gasteiger partial charge in [0.05, 0.1) is 26.2 Å². The summed E-state index contributed by atoms with van der Waals surface area (Å²) in [6, 6.07) is 0. The number of carbonyl (C=O) groups excluding carboxylic acids is 1. The summed E-state index contributed by atoms with van der Waals surface area (Å²) in [6.07, 6.45) is 24.2. The average molecular weight is 554 g/mol. The highest BCUT2D eigenvalue weighted by atomic mass is 16.4. The van der Waals surface area contributed by atoms with Crippen LogP contribution in [0.2, 0.25) is 0 Å². The van der Waals surface area contributed by atoms with Crippen molar-refractivity contribution in [3.63, 3.8) is 0 Å². The second kappa shape index (κ2) is 22.9. The molecule has 0 aliphatic rings. The normalized spacial score (nSPS) is 15.6. The van der Waals surface area contributed by atoms with Crippen LogP contribution in [0.4, 0.5) is 0 Å². The Hall–Kier alpha value is -1.89. The monoisotopic (exact) mass is 553 g/mol. The molecule has 0 aliphatic carbocycles. The van der Waals surface area contributed by atoms with Crippen molar-refractivity contribution in [3.8, 4) is 0 Å². The molecule has 0 saturated heterocycles. The molecule has 2 N–H and O–H groups in total. The van der Waals surface area contributed by atoms with Gasteiger partial charge in [0.25, 0.3) is 0 Å². The van der Waals surface area contributed by atoms with Gasteiger partial charge in [0.1, 0.15) is 11.8 Å². The van der Waals surface area contributed by atoms with Gasteiger partial charge in [0, 0.05) is 11.9 Å². The quantitative estimate of drug-likeness (QED) is 0.0686. The molecule has 3 unspecified atom stereocenters. The maximum absolute atomic E-state index is 11.6. The van der Waals surface area contributed by atoms with E-state index in [0.717, 1.165) is 25.7 Å². The third-order valence-corrected chi connectivity index (χ3v) is 7.88. The first-order chi connectivity index (χ1) is 18.5. The molecule has 0 saturated carbocycles. The van der Waals surface area contributed by atoms with Crippen LogP contribution in [0.1, 0.15) is 130 Å². The lowest BCUT2D eigenvalue weighted by atomic mass is 10.00. The van der Waals surface area contributed by atoms with Crippen molar-refractivity contribution >= 4 is 17.9 Å². The second-order valence-electron chi connectivity index (χ2n) is 11.9. The molecule has 228 valence electrons. The van der Waals surface area contributed by atoms with Crippen LogP contribution in [0, 0.1) is 17.8 Å². The minimum Gasteiger partial charge on any atom is -0.550 e. The second-order valence-corrected chi connectivity index (χ2v) is 11.9. The first-order valence-corrected chi connectivity index (χ1v) is 15.7. The number of carboxylic acid groups (broad SMARTS) is 3. The van der Waals surface area contributed by atoms with E-state index < -0.39 is 35.7 Å². The number of rotatable bonds is 27. The van der Waals surface area contributed by atoms with E-state index in [9.17, 15) is 29.7 Å². The zero-order valence-electron chi connectivity index (χ0n) is 25.5. The molecule has 39 heavy (non-hydrogen) atoms. The molecule has 0 aromatic heterocycles. The summed E-state index contributed by atoms with van der Waals surface area (Å²) >= 11 is 0. The van der Waals surface area contributed by atoms with Crippen molar-refractivity contribution in [3.05, 3.63) is 12.2 Å². The van der Waals surface area contributed by atoms with E-state index in [1.54, 1.807) is 20.8 Å². The van der Waals surface area contributed by atoms with Gasteiger partial charge in [-0.2, -0.15) is 0 Å². The van der Waals surface area contributed by atoms with E-state index in [1.165, 1.54) is 77.0 Å². The highest BCUT2D eigenvalue weighted by molar-refractivity contribution is 5.70. The fourth-order valence-corrected chi connectivity index (χ4v) is 5.59. The van der Waals surface area contributed by atoms with Crippen LogP contribution in [0.5, 0.6) is 0 Å². The van der Waals surface area contributed by atoms with Gasteiger partial charge in [-0.05, 0) is 46.0 Å². The molecule has 0 spiro atoms. The van der Waals surface area contributed by atoms with Gasteiger partial charge in [-0.25, -0.2) is 0 Å². The topological polar surface area (TPSA) is 115 Å². The molecule has 0 heterocycles. The minimum absolute atomic E-state index is 0.186. The molecule has 3 atom stereocenters. The van der Waals surface area contributed by atoms with Gasteiger partial charge in [0.15, 0.2) is 0 Å². The third kappa shape index (κ3) is 19.8. The van der Waals surface area contributed by atoms with E-state index in [1.807, 2.05) is 0 Å². The van der Waals surface area contributed by atoms with Gasteiger partial charge in [-0.1, -0.05) is 96.6 Å². The van der Waals surface area contributed by atoms with Crippen LogP contribution in [0.3, 0.4) is 0 Å². The van der Waals surface area contributed by atoms with Crippen LogP contribution < -0.4 is 5.11 Å². The Morgan fingerprint density at radius 3 is 1.33 bits per heavy atom. The number of nitrogens with zero attached hydrogens (tertiary/aromatic N) is 1. The molecule has 0 aromatic carbocycles. The molecular weight excluding hydrogens is 494 g/mol. The van der Waals surface area contributed by atoms with Crippen molar-refractivity contribution < 1.29 is 34.2 Å². The van der Waals surface area contributed by atoms with Gasteiger partial charge in [-0.3, -0.25) is 9.59 Å². The number of quaternary nitrogens is 1. The van der Waals surface area contributed by atoms with Crippen molar-refractivity contribution in [2.45, 2.75) is 130 Å². The van der Waals surface area contributed by atoms with Crippen LogP contribution in [-0.2, 0) is 14.4 Å². The Morgan fingerprint density at radius 2 is 0.974 bits per heavy atom. The van der Waals surface area contributed by atoms with E-state index in [2.05, 4.69) is 19.1 Å². The van der Waals surface area contributed by atoms with E-state index in [-0.39, 0.29) is 24.1 Å². The van der Waals surface area contributed by atoms with Crippen molar-refractivity contribution in [2.75, 3.05) is 26.2 Å².